The molecule has 0 saturated heterocycles. The molecule has 0 aromatic carbocycles. The molecular weight excluding hydrogens is 228 g/mol. The van der Waals surface area contributed by atoms with Gasteiger partial charge in [-0.3, -0.25) is 9.89 Å². The van der Waals surface area contributed by atoms with Crippen LogP contribution in [0.3, 0.4) is 0 Å². The lowest BCUT2D eigenvalue weighted by Crippen LogP contribution is -2.27. The normalized spacial score (nSPS) is 18.6. The maximum atomic E-state index is 11.3. The third kappa shape index (κ3) is 2.22. The van der Waals surface area contributed by atoms with Crippen molar-refractivity contribution < 1.29 is 0 Å². The van der Waals surface area contributed by atoms with Crippen LogP contribution in [0.1, 0.15) is 35.8 Å². The van der Waals surface area contributed by atoms with Gasteiger partial charge in [0.2, 0.25) is 5.56 Å². The molecular formula is C13H16N4O. The van der Waals surface area contributed by atoms with Crippen LogP contribution in [0.5, 0.6) is 0 Å². The van der Waals surface area contributed by atoms with E-state index in [-0.39, 0.29) is 5.56 Å². The van der Waals surface area contributed by atoms with Gasteiger partial charge in [0.1, 0.15) is 0 Å². The van der Waals surface area contributed by atoms with E-state index < -0.39 is 0 Å². The Morgan fingerprint density at radius 3 is 3.17 bits per heavy atom. The predicted molar refractivity (Wildman–Crippen MR) is 68.2 cm³/mol. The van der Waals surface area contributed by atoms with E-state index in [0.717, 1.165) is 37.2 Å². The molecule has 94 valence electrons. The van der Waals surface area contributed by atoms with Gasteiger partial charge in [0, 0.05) is 36.2 Å². The Kier molecular flexibility index (Phi) is 2.98. The smallest absolute Gasteiger partial charge is 0.248 e. The van der Waals surface area contributed by atoms with Crippen molar-refractivity contribution in [3.63, 3.8) is 0 Å². The predicted octanol–water partition coefficient (Wildman–Crippen LogP) is 1.27. The molecule has 0 spiro atoms. The third-order valence-corrected chi connectivity index (χ3v) is 3.43. The Morgan fingerprint density at radius 1 is 1.39 bits per heavy atom. The highest BCUT2D eigenvalue weighted by Crippen LogP contribution is 2.27. The van der Waals surface area contributed by atoms with Crippen molar-refractivity contribution in [2.24, 2.45) is 0 Å². The molecule has 1 aliphatic carbocycles. The summed E-state index contributed by atoms with van der Waals surface area (Å²) in [5.74, 6) is 0. The molecule has 1 aliphatic rings. The number of hydrogen-bond acceptors (Lipinski definition) is 3. The molecule has 5 nitrogen and oxygen atoms in total. The summed E-state index contributed by atoms with van der Waals surface area (Å²) >= 11 is 0. The SMILES string of the molecule is O=c1ccc2c([nH]1)CCCC2NCc1ccn[nH]1. The van der Waals surface area contributed by atoms with Crippen LogP contribution in [0.25, 0.3) is 0 Å². The van der Waals surface area contributed by atoms with Gasteiger partial charge in [0.15, 0.2) is 0 Å². The van der Waals surface area contributed by atoms with Crippen molar-refractivity contribution >= 4 is 0 Å². The van der Waals surface area contributed by atoms with Gasteiger partial charge in [0.05, 0.1) is 0 Å². The molecule has 1 unspecified atom stereocenters. The van der Waals surface area contributed by atoms with Crippen molar-refractivity contribution in [2.75, 3.05) is 0 Å². The van der Waals surface area contributed by atoms with Crippen LogP contribution in [0, 0.1) is 0 Å². The first-order valence-electron chi connectivity index (χ1n) is 6.26. The van der Waals surface area contributed by atoms with E-state index in [1.807, 2.05) is 12.1 Å². The van der Waals surface area contributed by atoms with E-state index in [1.54, 1.807) is 12.3 Å². The van der Waals surface area contributed by atoms with Gasteiger partial charge < -0.3 is 10.3 Å². The van der Waals surface area contributed by atoms with E-state index >= 15 is 0 Å². The Hall–Kier alpha value is -1.88. The van der Waals surface area contributed by atoms with Gasteiger partial charge in [-0.25, -0.2) is 0 Å². The summed E-state index contributed by atoms with van der Waals surface area (Å²) in [7, 11) is 0. The monoisotopic (exact) mass is 244 g/mol. The van der Waals surface area contributed by atoms with E-state index in [1.165, 1.54) is 5.56 Å². The van der Waals surface area contributed by atoms with E-state index in [4.69, 9.17) is 0 Å². The first-order valence-corrected chi connectivity index (χ1v) is 6.26. The van der Waals surface area contributed by atoms with Crippen LogP contribution < -0.4 is 10.9 Å². The summed E-state index contributed by atoms with van der Waals surface area (Å²) in [5.41, 5.74) is 3.37. The maximum Gasteiger partial charge on any atom is 0.248 e. The molecule has 0 radical (unpaired) electrons. The van der Waals surface area contributed by atoms with Gasteiger partial charge in [0.25, 0.3) is 0 Å². The molecule has 2 heterocycles. The highest BCUT2D eigenvalue weighted by atomic mass is 16.1. The summed E-state index contributed by atoms with van der Waals surface area (Å²) < 4.78 is 0. The zero-order valence-corrected chi connectivity index (χ0v) is 10.1. The molecule has 3 N–H and O–H groups in total. The topological polar surface area (TPSA) is 73.6 Å². The third-order valence-electron chi connectivity index (χ3n) is 3.43. The summed E-state index contributed by atoms with van der Waals surface area (Å²) in [5, 5.41) is 10.4. The van der Waals surface area contributed by atoms with Crippen LogP contribution >= 0.6 is 0 Å². The number of pyridine rings is 1. The van der Waals surface area contributed by atoms with Gasteiger partial charge in [-0.2, -0.15) is 5.10 Å². The van der Waals surface area contributed by atoms with Crippen molar-refractivity contribution in [1.82, 2.24) is 20.5 Å². The Balaban J connectivity index is 1.77. The van der Waals surface area contributed by atoms with Crippen LogP contribution in [0.4, 0.5) is 0 Å². The molecule has 0 bridgehead atoms. The van der Waals surface area contributed by atoms with Crippen molar-refractivity contribution in [3.05, 3.63) is 51.7 Å². The number of H-pyrrole nitrogens is 2. The van der Waals surface area contributed by atoms with E-state index in [0.29, 0.717) is 6.04 Å². The molecule has 5 heteroatoms. The molecule has 2 aromatic rings. The largest absolute Gasteiger partial charge is 0.326 e. The molecule has 0 saturated carbocycles. The fourth-order valence-corrected chi connectivity index (χ4v) is 2.53. The van der Waals surface area contributed by atoms with Crippen LogP contribution in [-0.2, 0) is 13.0 Å². The zero-order chi connectivity index (χ0) is 12.4. The minimum absolute atomic E-state index is 0.0111. The van der Waals surface area contributed by atoms with Gasteiger partial charge in [-0.15, -0.1) is 0 Å². The molecule has 1 atom stereocenters. The Labute approximate surface area is 105 Å². The second-order valence-corrected chi connectivity index (χ2v) is 4.66. The molecule has 18 heavy (non-hydrogen) atoms. The minimum Gasteiger partial charge on any atom is -0.326 e. The van der Waals surface area contributed by atoms with Crippen LogP contribution in [0.15, 0.2) is 29.2 Å². The fraction of sp³-hybridized carbons (Fsp3) is 0.385. The van der Waals surface area contributed by atoms with Crippen molar-refractivity contribution in [1.29, 1.82) is 0 Å². The average Bonchev–Trinajstić information content (AvgIpc) is 2.89. The second kappa shape index (κ2) is 4.78. The lowest BCUT2D eigenvalue weighted by molar-refractivity contribution is 0.450. The highest BCUT2D eigenvalue weighted by Gasteiger charge is 2.20. The Bertz CT molecular complexity index is 573. The number of aromatic amines is 2. The standard InChI is InChI=1S/C13H16N4O/c18-13-5-4-10-11(2-1-3-12(10)16-13)14-8-9-6-7-15-17-9/h4-7,11,14H,1-3,8H2,(H,15,17)(H,16,18). The minimum atomic E-state index is -0.0111. The number of aromatic nitrogens is 3. The number of aryl methyl sites for hydroxylation is 1. The number of fused-ring (bicyclic) bond motifs is 1. The Morgan fingerprint density at radius 2 is 2.33 bits per heavy atom. The van der Waals surface area contributed by atoms with E-state index in [9.17, 15) is 4.79 Å². The summed E-state index contributed by atoms with van der Waals surface area (Å²) in [6.45, 7) is 0.767. The molecule has 0 aliphatic heterocycles. The number of nitrogens with zero attached hydrogens (tertiary/aromatic N) is 1. The molecule has 2 aromatic heterocycles. The number of rotatable bonds is 3. The summed E-state index contributed by atoms with van der Waals surface area (Å²) in [4.78, 5) is 14.2. The van der Waals surface area contributed by atoms with Crippen molar-refractivity contribution in [2.45, 2.75) is 31.8 Å². The van der Waals surface area contributed by atoms with Gasteiger partial charge >= 0.3 is 0 Å². The highest BCUT2D eigenvalue weighted by molar-refractivity contribution is 5.26. The lowest BCUT2D eigenvalue weighted by atomic mass is 9.91. The van der Waals surface area contributed by atoms with Crippen LogP contribution in [0.2, 0.25) is 0 Å². The molecule has 3 rings (SSSR count). The zero-order valence-electron chi connectivity index (χ0n) is 10.1. The number of nitrogens with one attached hydrogen (secondary N) is 3. The quantitative estimate of drug-likeness (QED) is 0.761. The number of hydrogen-bond donors (Lipinski definition) is 3. The first-order chi connectivity index (χ1) is 8.83. The average molecular weight is 244 g/mol. The molecule has 0 fully saturated rings. The fourth-order valence-electron chi connectivity index (χ4n) is 2.53. The van der Waals surface area contributed by atoms with E-state index in [2.05, 4.69) is 20.5 Å². The van der Waals surface area contributed by atoms with Gasteiger partial charge in [-0.05, 0) is 30.9 Å². The van der Waals surface area contributed by atoms with Crippen LogP contribution in [-0.4, -0.2) is 15.2 Å². The van der Waals surface area contributed by atoms with Crippen molar-refractivity contribution in [3.8, 4) is 0 Å². The molecule has 0 amide bonds. The second-order valence-electron chi connectivity index (χ2n) is 4.66. The lowest BCUT2D eigenvalue weighted by Gasteiger charge is -2.25. The maximum absolute atomic E-state index is 11.3. The first kappa shape index (κ1) is 11.2. The summed E-state index contributed by atoms with van der Waals surface area (Å²) in [6.07, 6.45) is 4.93. The van der Waals surface area contributed by atoms with Gasteiger partial charge in [-0.1, -0.05) is 6.07 Å². The summed E-state index contributed by atoms with van der Waals surface area (Å²) in [6, 6.07) is 5.82.